The Kier molecular flexibility index (Phi) is 5.20. The Labute approximate surface area is 119 Å². The quantitative estimate of drug-likeness (QED) is 0.864. The van der Waals surface area contributed by atoms with Crippen molar-refractivity contribution in [3.63, 3.8) is 0 Å². The second-order valence-electron chi connectivity index (χ2n) is 5.70. The van der Waals surface area contributed by atoms with E-state index in [1.165, 1.54) is 6.26 Å². The van der Waals surface area contributed by atoms with E-state index in [1.807, 2.05) is 0 Å². The van der Waals surface area contributed by atoms with Crippen LogP contribution < -0.4 is 11.1 Å². The lowest BCUT2D eigenvalue weighted by atomic mass is 9.87. The molecule has 0 radical (unpaired) electrons. The lowest BCUT2D eigenvalue weighted by molar-refractivity contribution is -0.0510. The minimum atomic E-state index is -0.110. The summed E-state index contributed by atoms with van der Waals surface area (Å²) >= 11 is 0. The van der Waals surface area contributed by atoms with Crippen molar-refractivity contribution < 1.29 is 13.9 Å². The van der Waals surface area contributed by atoms with Gasteiger partial charge in [0.15, 0.2) is 0 Å². The zero-order valence-electron chi connectivity index (χ0n) is 12.2. The minimum absolute atomic E-state index is 0.110. The van der Waals surface area contributed by atoms with Gasteiger partial charge in [-0.3, -0.25) is 4.79 Å². The normalized spacial score (nSPS) is 23.0. The van der Waals surface area contributed by atoms with Crippen LogP contribution in [0, 0.1) is 11.8 Å². The third-order valence-electron chi connectivity index (χ3n) is 3.79. The standard InChI is InChI=1S/C15H24N2O3/c1-10(2)14-11(4-3-5-19-14)8-17-15(18)12-6-13(7-16)20-9-12/h6,9-11,14H,3-5,7-8,16H2,1-2H3,(H,17,18). The second-order valence-corrected chi connectivity index (χ2v) is 5.70. The van der Waals surface area contributed by atoms with Gasteiger partial charge in [0, 0.05) is 19.1 Å². The summed E-state index contributed by atoms with van der Waals surface area (Å²) < 4.78 is 11.0. The Hall–Kier alpha value is -1.33. The maximum Gasteiger partial charge on any atom is 0.254 e. The van der Waals surface area contributed by atoms with Crippen LogP contribution in [-0.2, 0) is 11.3 Å². The summed E-state index contributed by atoms with van der Waals surface area (Å²) in [7, 11) is 0. The molecule has 1 aromatic rings. The summed E-state index contributed by atoms with van der Waals surface area (Å²) in [6.07, 6.45) is 3.84. The van der Waals surface area contributed by atoms with Crippen LogP contribution in [0.3, 0.4) is 0 Å². The number of amides is 1. The molecule has 2 unspecified atom stereocenters. The molecule has 0 spiro atoms. The summed E-state index contributed by atoms with van der Waals surface area (Å²) in [5, 5.41) is 2.97. The number of furan rings is 1. The van der Waals surface area contributed by atoms with Gasteiger partial charge in [-0.25, -0.2) is 0 Å². The van der Waals surface area contributed by atoms with Crippen molar-refractivity contribution in [1.82, 2.24) is 5.32 Å². The van der Waals surface area contributed by atoms with Crippen molar-refractivity contribution in [2.24, 2.45) is 17.6 Å². The van der Waals surface area contributed by atoms with Gasteiger partial charge < -0.3 is 20.2 Å². The average Bonchev–Trinajstić information content (AvgIpc) is 2.94. The molecule has 112 valence electrons. The molecule has 0 bridgehead atoms. The van der Waals surface area contributed by atoms with Crippen LogP contribution in [0.5, 0.6) is 0 Å². The third kappa shape index (κ3) is 3.61. The van der Waals surface area contributed by atoms with Gasteiger partial charge in [-0.05, 0) is 24.8 Å². The first-order valence-electron chi connectivity index (χ1n) is 7.29. The summed E-state index contributed by atoms with van der Waals surface area (Å²) in [6.45, 7) is 6.10. The molecular weight excluding hydrogens is 256 g/mol. The van der Waals surface area contributed by atoms with Gasteiger partial charge in [0.05, 0.1) is 18.2 Å². The molecule has 1 aliphatic rings. The van der Waals surface area contributed by atoms with Gasteiger partial charge in [-0.15, -0.1) is 0 Å². The monoisotopic (exact) mass is 280 g/mol. The minimum Gasteiger partial charge on any atom is -0.467 e. The topological polar surface area (TPSA) is 77.5 Å². The number of carbonyl (C=O) groups is 1. The molecule has 0 saturated carbocycles. The molecule has 2 atom stereocenters. The number of hydrogen-bond donors (Lipinski definition) is 2. The Morgan fingerprint density at radius 3 is 3.00 bits per heavy atom. The first-order valence-corrected chi connectivity index (χ1v) is 7.29. The van der Waals surface area contributed by atoms with Crippen LogP contribution in [0.25, 0.3) is 0 Å². The van der Waals surface area contributed by atoms with Gasteiger partial charge in [0.1, 0.15) is 12.0 Å². The number of ether oxygens (including phenoxy) is 1. The van der Waals surface area contributed by atoms with E-state index in [4.69, 9.17) is 14.9 Å². The lowest BCUT2D eigenvalue weighted by Gasteiger charge is -2.34. The van der Waals surface area contributed by atoms with E-state index in [2.05, 4.69) is 19.2 Å². The smallest absolute Gasteiger partial charge is 0.254 e. The Morgan fingerprint density at radius 1 is 1.55 bits per heavy atom. The average molecular weight is 280 g/mol. The molecule has 5 nitrogen and oxygen atoms in total. The predicted octanol–water partition coefficient (Wildman–Crippen LogP) is 1.92. The number of carbonyl (C=O) groups excluding carboxylic acids is 1. The zero-order chi connectivity index (χ0) is 14.5. The van der Waals surface area contributed by atoms with Crippen LogP contribution >= 0.6 is 0 Å². The van der Waals surface area contributed by atoms with E-state index >= 15 is 0 Å². The number of nitrogens with one attached hydrogen (secondary N) is 1. The van der Waals surface area contributed by atoms with E-state index in [1.54, 1.807) is 6.07 Å². The molecule has 1 fully saturated rings. The highest BCUT2D eigenvalue weighted by atomic mass is 16.5. The molecule has 1 saturated heterocycles. The van der Waals surface area contributed by atoms with E-state index in [9.17, 15) is 4.79 Å². The van der Waals surface area contributed by atoms with Gasteiger partial charge in [-0.2, -0.15) is 0 Å². The molecule has 1 aliphatic heterocycles. The maximum atomic E-state index is 12.0. The molecule has 0 aliphatic carbocycles. The SMILES string of the molecule is CC(C)C1OCCCC1CNC(=O)c1coc(CN)c1. The fourth-order valence-corrected chi connectivity index (χ4v) is 2.75. The predicted molar refractivity (Wildman–Crippen MR) is 76.2 cm³/mol. The Balaban J connectivity index is 1.88. The van der Waals surface area contributed by atoms with Crippen LogP contribution in [0.1, 0.15) is 42.8 Å². The van der Waals surface area contributed by atoms with Crippen LogP contribution in [0.2, 0.25) is 0 Å². The molecule has 3 N–H and O–H groups in total. The van der Waals surface area contributed by atoms with E-state index in [0.717, 1.165) is 19.4 Å². The van der Waals surface area contributed by atoms with Crippen molar-refractivity contribution in [2.75, 3.05) is 13.2 Å². The molecule has 5 heteroatoms. The lowest BCUT2D eigenvalue weighted by Crippen LogP contribution is -2.41. The molecule has 1 aromatic heterocycles. The summed E-state index contributed by atoms with van der Waals surface area (Å²) in [6, 6.07) is 1.69. The van der Waals surface area contributed by atoms with Gasteiger partial charge in [-0.1, -0.05) is 13.8 Å². The van der Waals surface area contributed by atoms with Crippen molar-refractivity contribution >= 4 is 5.91 Å². The van der Waals surface area contributed by atoms with Gasteiger partial charge in [0.25, 0.3) is 5.91 Å². The first-order chi connectivity index (χ1) is 9.61. The van der Waals surface area contributed by atoms with Crippen molar-refractivity contribution in [3.05, 3.63) is 23.7 Å². The van der Waals surface area contributed by atoms with Crippen LogP contribution in [0.4, 0.5) is 0 Å². The fraction of sp³-hybridized carbons (Fsp3) is 0.667. The summed E-state index contributed by atoms with van der Waals surface area (Å²) in [5.41, 5.74) is 5.99. The second kappa shape index (κ2) is 6.90. The van der Waals surface area contributed by atoms with Crippen LogP contribution in [0.15, 0.2) is 16.7 Å². The van der Waals surface area contributed by atoms with Crippen molar-refractivity contribution in [1.29, 1.82) is 0 Å². The summed E-state index contributed by atoms with van der Waals surface area (Å²) in [5.74, 6) is 1.36. The molecular formula is C15H24N2O3. The Morgan fingerprint density at radius 2 is 2.35 bits per heavy atom. The molecule has 0 aromatic carbocycles. The highest BCUT2D eigenvalue weighted by Gasteiger charge is 2.28. The number of rotatable bonds is 5. The fourth-order valence-electron chi connectivity index (χ4n) is 2.75. The summed E-state index contributed by atoms with van der Waals surface area (Å²) in [4.78, 5) is 12.0. The number of hydrogen-bond acceptors (Lipinski definition) is 4. The van der Waals surface area contributed by atoms with E-state index < -0.39 is 0 Å². The van der Waals surface area contributed by atoms with Crippen LogP contribution in [-0.4, -0.2) is 25.2 Å². The molecule has 20 heavy (non-hydrogen) atoms. The maximum absolute atomic E-state index is 12.0. The largest absolute Gasteiger partial charge is 0.467 e. The Bertz CT molecular complexity index is 442. The highest BCUT2D eigenvalue weighted by Crippen LogP contribution is 2.25. The van der Waals surface area contributed by atoms with E-state index in [0.29, 0.717) is 36.2 Å². The highest BCUT2D eigenvalue weighted by molar-refractivity contribution is 5.93. The molecule has 1 amide bonds. The van der Waals surface area contributed by atoms with E-state index in [-0.39, 0.29) is 12.0 Å². The van der Waals surface area contributed by atoms with Gasteiger partial charge >= 0.3 is 0 Å². The van der Waals surface area contributed by atoms with Crippen molar-refractivity contribution in [3.8, 4) is 0 Å². The van der Waals surface area contributed by atoms with Crippen molar-refractivity contribution in [2.45, 2.75) is 39.3 Å². The number of nitrogens with two attached hydrogens (primary N) is 1. The van der Waals surface area contributed by atoms with Gasteiger partial charge in [0.2, 0.25) is 0 Å². The first kappa shape index (κ1) is 15.1. The molecule has 2 rings (SSSR count). The zero-order valence-corrected chi connectivity index (χ0v) is 12.2. The third-order valence-corrected chi connectivity index (χ3v) is 3.79. The molecule has 2 heterocycles.